The summed E-state index contributed by atoms with van der Waals surface area (Å²) in [7, 11) is 0. The molecule has 1 unspecified atom stereocenters. The molecule has 16 aromatic carbocycles. The number of fused-ring (bicyclic) bond motifs is 20. The fraction of sp³-hybridized carbons (Fsp3) is 0.00980. The summed E-state index contributed by atoms with van der Waals surface area (Å²) in [6, 6.07) is 129. The quantitative estimate of drug-likeness (QED) is 0.146. The monoisotopic (exact) mass is 1460 g/mol. The molecule has 0 radical (unpaired) electrons. The Hall–Kier alpha value is -15.5. The predicted molar refractivity (Wildman–Crippen MR) is 466 cm³/mol. The average molecular weight is 1460 g/mol. The molecule has 12 nitrogen and oxygen atoms in total. The van der Waals surface area contributed by atoms with E-state index in [-0.39, 0.29) is 0 Å². The van der Waals surface area contributed by atoms with Gasteiger partial charge in [-0.25, -0.2) is 9.98 Å². The maximum Gasteiger partial charge on any atom is 0.238 e. The van der Waals surface area contributed by atoms with Crippen LogP contribution in [0.3, 0.4) is 0 Å². The van der Waals surface area contributed by atoms with Crippen molar-refractivity contribution in [2.45, 2.75) is 6.17 Å². The van der Waals surface area contributed by atoms with Crippen molar-refractivity contribution in [3.63, 3.8) is 0 Å². The topological polar surface area (TPSA) is 121 Å². The molecule has 12 heteroatoms. The van der Waals surface area contributed by atoms with Crippen LogP contribution in [0.1, 0.15) is 17.3 Å². The Kier molecular flexibility index (Phi) is 13.9. The predicted octanol–water partition coefficient (Wildman–Crippen LogP) is 25.4. The summed E-state index contributed by atoms with van der Waals surface area (Å²) in [5, 5.41) is 16.9. The zero-order valence-corrected chi connectivity index (χ0v) is 61.1. The van der Waals surface area contributed by atoms with E-state index in [1.54, 1.807) is 0 Å². The van der Waals surface area contributed by atoms with Crippen molar-refractivity contribution in [1.29, 1.82) is 0 Å². The second kappa shape index (κ2) is 25.0. The molecule has 24 rings (SSSR count). The average Bonchev–Trinajstić information content (AvgIpc) is 1.55. The molecule has 0 bridgehead atoms. The molecule has 1 aliphatic rings. The van der Waals surface area contributed by atoms with Gasteiger partial charge in [0.25, 0.3) is 0 Å². The third-order valence-corrected chi connectivity index (χ3v) is 23.1. The van der Waals surface area contributed by atoms with Gasteiger partial charge in [-0.1, -0.05) is 291 Å². The van der Waals surface area contributed by atoms with Crippen LogP contribution in [0, 0.1) is 0 Å². The lowest BCUT2D eigenvalue weighted by atomic mass is 9.98. The van der Waals surface area contributed by atoms with E-state index in [0.29, 0.717) is 29.4 Å². The molecule has 114 heavy (non-hydrogen) atoms. The smallest absolute Gasteiger partial charge is 0.238 e. The molecule has 7 aromatic heterocycles. The lowest BCUT2D eigenvalue weighted by molar-refractivity contribution is 0.626. The number of benzene rings is 16. The second-order valence-corrected chi connectivity index (χ2v) is 29.4. The molecule has 8 heterocycles. The van der Waals surface area contributed by atoms with E-state index in [2.05, 4.69) is 345 Å². The zero-order valence-electron chi connectivity index (χ0n) is 61.1. The Bertz CT molecular complexity index is 8000. The number of para-hydroxylation sites is 8. The van der Waals surface area contributed by atoms with E-state index in [9.17, 15) is 0 Å². The molecule has 1 aliphatic heterocycles. The van der Waals surface area contributed by atoms with Crippen LogP contribution >= 0.6 is 0 Å². The molecule has 0 aliphatic carbocycles. The van der Waals surface area contributed by atoms with Gasteiger partial charge in [0.05, 0.1) is 49.7 Å². The molecule has 0 amide bonds. The molecule has 0 saturated carbocycles. The summed E-state index contributed by atoms with van der Waals surface area (Å²) in [5.41, 5.74) is 23.5. The van der Waals surface area contributed by atoms with Gasteiger partial charge >= 0.3 is 0 Å². The zero-order chi connectivity index (χ0) is 74.6. The van der Waals surface area contributed by atoms with Gasteiger partial charge in [-0.3, -0.25) is 9.13 Å². The van der Waals surface area contributed by atoms with E-state index in [1.165, 1.54) is 5.39 Å². The van der Waals surface area contributed by atoms with Crippen molar-refractivity contribution < 1.29 is 8.83 Å². The van der Waals surface area contributed by atoms with Gasteiger partial charge in [-0.05, 0) is 106 Å². The molecule has 0 saturated heterocycles. The van der Waals surface area contributed by atoms with Crippen LogP contribution in [0.5, 0.6) is 0 Å². The number of rotatable bonds is 10. The summed E-state index contributed by atoms with van der Waals surface area (Å²) >= 11 is 0. The lowest BCUT2D eigenvalue weighted by Gasteiger charge is -2.24. The Labute approximate surface area is 651 Å². The van der Waals surface area contributed by atoms with E-state index in [4.69, 9.17) is 33.8 Å². The number of hydrogen-bond acceptors (Lipinski definition) is 8. The lowest BCUT2D eigenvalue weighted by Crippen LogP contribution is -2.35. The fourth-order valence-electron chi connectivity index (χ4n) is 17.9. The Morgan fingerprint density at radius 2 is 0.684 bits per heavy atom. The standard InChI is InChI=1S/C102H62N10O2/c1-4-23-61(24-5-1)62-49-51-66(52-50-62)98-104-100(108-102(106-98)111-87-42-17-12-33-73(87)78-56-54-76-71-31-10-15-40-85(71)109(91(76)93(78)111)69-28-8-3-9-29-69)83-39-22-37-81-84-60-68(53-58-90(84)114-96(81)83)64-47-45-63(46-48-64)67-27-20-30-70(59-67)110-86-41-16-11-32-72(86)77-55-57-79-74-34-13-18-43-88(74)112(94(79)92(77)110)101-105-97(65-25-6-2-7-26-65)103-99(107-101)82-38-21-36-80-75-35-14-19-44-89(75)113-95(80)82/h1-60,100H,(H,104,106,108). The Morgan fingerprint density at radius 1 is 0.263 bits per heavy atom. The number of nitrogens with one attached hydrogen (secondary N) is 1. The third-order valence-electron chi connectivity index (χ3n) is 23.1. The minimum Gasteiger partial charge on any atom is -0.456 e. The highest BCUT2D eigenvalue weighted by Crippen LogP contribution is 2.46. The largest absolute Gasteiger partial charge is 0.456 e. The van der Waals surface area contributed by atoms with E-state index >= 15 is 0 Å². The Morgan fingerprint density at radius 3 is 1.32 bits per heavy atom. The van der Waals surface area contributed by atoms with E-state index < -0.39 is 6.17 Å². The van der Waals surface area contributed by atoms with E-state index in [1.807, 2.05) is 42.5 Å². The number of aliphatic imine (C=N–C) groups is 2. The van der Waals surface area contributed by atoms with Gasteiger partial charge in [0, 0.05) is 92.7 Å². The van der Waals surface area contributed by atoms with Crippen LogP contribution in [-0.4, -0.2) is 45.0 Å². The van der Waals surface area contributed by atoms with Crippen molar-refractivity contribution >= 4 is 143 Å². The molecule has 532 valence electrons. The first-order valence-corrected chi connectivity index (χ1v) is 38.5. The van der Waals surface area contributed by atoms with Gasteiger partial charge in [-0.15, -0.1) is 0 Å². The van der Waals surface area contributed by atoms with Gasteiger partial charge in [-0.2, -0.15) is 15.0 Å². The molecular formula is C102H62N10O2. The van der Waals surface area contributed by atoms with Crippen LogP contribution in [0.2, 0.25) is 0 Å². The molecule has 0 spiro atoms. The first kappa shape index (κ1) is 63.4. The summed E-state index contributed by atoms with van der Waals surface area (Å²) in [4.78, 5) is 27.5. The highest BCUT2D eigenvalue weighted by atomic mass is 16.3. The van der Waals surface area contributed by atoms with Gasteiger partial charge in [0.1, 0.15) is 28.2 Å². The summed E-state index contributed by atoms with van der Waals surface area (Å²) in [6.45, 7) is 0. The molecule has 1 N–H and O–H groups in total. The molecule has 23 aromatic rings. The molecular weight excluding hydrogens is 1400 g/mol. The minimum atomic E-state index is -0.616. The van der Waals surface area contributed by atoms with Crippen molar-refractivity contribution in [3.8, 4) is 73.5 Å². The molecule has 1 atom stereocenters. The van der Waals surface area contributed by atoms with Crippen molar-refractivity contribution in [2.75, 3.05) is 0 Å². The molecule has 0 fully saturated rings. The number of aromatic nitrogens is 7. The van der Waals surface area contributed by atoms with Crippen LogP contribution < -0.4 is 5.32 Å². The summed E-state index contributed by atoms with van der Waals surface area (Å²) in [5.74, 6) is 2.82. The van der Waals surface area contributed by atoms with Crippen LogP contribution in [0.15, 0.2) is 383 Å². The minimum absolute atomic E-state index is 0.496. The Balaban J connectivity index is 0.617. The second-order valence-electron chi connectivity index (χ2n) is 29.4. The summed E-state index contributed by atoms with van der Waals surface area (Å²) in [6.07, 6.45) is -0.616. The SMILES string of the molecule is c1ccc(-c2ccc(C3=NC(n4c5ccccc5c5ccc6c7ccccc7n(-c7ccccc7)c6c54)=NC(c4cccc5c4oc4ccc(-c6ccc(-c7cccc(-n8c9ccccc9c9ccc%10c%11ccccc%11n(-c%11nc(-c%12ccccc%12)nc(-c%12cccc%13c%12oc%12ccccc%12%13)n%11)c%10c98)c7)cc6)cc45)N3)cc2)cc1. The van der Waals surface area contributed by atoms with Crippen molar-refractivity contribution in [2.24, 2.45) is 9.98 Å². The normalized spacial score (nSPS) is 13.4. The first-order valence-electron chi connectivity index (χ1n) is 38.5. The van der Waals surface area contributed by atoms with Crippen molar-refractivity contribution in [3.05, 3.63) is 375 Å². The highest BCUT2D eigenvalue weighted by Gasteiger charge is 2.31. The number of hydrogen-bond donors (Lipinski definition) is 1. The van der Waals surface area contributed by atoms with Gasteiger partial charge in [0.15, 0.2) is 17.8 Å². The fourth-order valence-corrected chi connectivity index (χ4v) is 17.9. The van der Waals surface area contributed by atoms with Gasteiger partial charge < -0.3 is 23.3 Å². The van der Waals surface area contributed by atoms with Gasteiger partial charge in [0.2, 0.25) is 11.9 Å². The van der Waals surface area contributed by atoms with Crippen molar-refractivity contribution in [1.82, 2.24) is 38.5 Å². The first-order chi connectivity index (χ1) is 56.5. The maximum absolute atomic E-state index is 7.09. The highest BCUT2D eigenvalue weighted by molar-refractivity contribution is 6.28. The summed E-state index contributed by atoms with van der Waals surface area (Å²) < 4.78 is 23.1. The van der Waals surface area contributed by atoms with Crippen LogP contribution in [0.25, 0.3) is 205 Å². The van der Waals surface area contributed by atoms with Crippen LogP contribution in [-0.2, 0) is 0 Å². The van der Waals surface area contributed by atoms with E-state index in [0.717, 1.165) is 193 Å². The number of nitrogens with zero attached hydrogens (tertiary/aromatic N) is 9. The maximum atomic E-state index is 7.09. The van der Waals surface area contributed by atoms with Crippen LogP contribution in [0.4, 0.5) is 0 Å². The third kappa shape index (κ3) is 9.74. The number of amidine groups is 1. The number of furan rings is 2.